The molecular weight excluding hydrogens is 414 g/mol. The normalized spacial score (nSPS) is 32.2. The maximum absolute atomic E-state index is 13.0. The number of aliphatic hydroxyl groups is 1. The molecule has 1 aromatic carbocycles. The molecule has 0 aromatic heterocycles. The quantitative estimate of drug-likeness (QED) is 0.681. The molecule has 2 aliphatic carbocycles. The number of hydrogen-bond acceptors (Lipinski definition) is 4. The topological polar surface area (TPSA) is 93.4 Å². The molecule has 2 aliphatic rings. The number of hydrogen-bond donors (Lipinski definition) is 2. The lowest BCUT2D eigenvalue weighted by atomic mass is 9.51. The van der Waals surface area contributed by atoms with Gasteiger partial charge in [0.1, 0.15) is 0 Å². The van der Waals surface area contributed by atoms with Crippen LogP contribution in [0.15, 0.2) is 24.3 Å². The van der Waals surface area contributed by atoms with Crippen molar-refractivity contribution in [2.24, 2.45) is 29.1 Å². The molecule has 2 amide bonds. The summed E-state index contributed by atoms with van der Waals surface area (Å²) in [6, 6.07) is 8.70. The minimum absolute atomic E-state index is 0.0168. The van der Waals surface area contributed by atoms with Gasteiger partial charge < -0.3 is 15.3 Å². The predicted octanol–water partition coefficient (Wildman–Crippen LogP) is 3.98. The molecule has 0 radical (unpaired) electrons. The first-order chi connectivity index (χ1) is 15.7. The Morgan fingerprint density at radius 3 is 2.39 bits per heavy atom. The first-order valence-corrected chi connectivity index (χ1v) is 12.4. The number of fused-ring (bicyclic) bond motifs is 1. The maximum Gasteiger partial charge on any atom is 0.251 e. The molecule has 0 saturated heterocycles. The summed E-state index contributed by atoms with van der Waals surface area (Å²) < 4.78 is 0. The largest absolute Gasteiger partial charge is 0.392 e. The Balaban J connectivity index is 1.75. The van der Waals surface area contributed by atoms with Crippen molar-refractivity contribution < 1.29 is 14.7 Å². The van der Waals surface area contributed by atoms with Gasteiger partial charge in [0.05, 0.1) is 17.7 Å². The van der Waals surface area contributed by atoms with Gasteiger partial charge in [-0.1, -0.05) is 20.8 Å². The van der Waals surface area contributed by atoms with Crippen LogP contribution < -0.4 is 5.32 Å². The Labute approximate surface area is 198 Å². The van der Waals surface area contributed by atoms with Crippen molar-refractivity contribution in [2.45, 2.75) is 72.4 Å². The van der Waals surface area contributed by atoms with Gasteiger partial charge in [0, 0.05) is 30.6 Å². The van der Waals surface area contributed by atoms with Crippen molar-refractivity contribution >= 4 is 11.8 Å². The summed E-state index contributed by atoms with van der Waals surface area (Å²) in [4.78, 5) is 27.8. The molecule has 2 fully saturated rings. The average Bonchev–Trinajstić information content (AvgIpc) is 2.81. The fourth-order valence-electron chi connectivity index (χ4n) is 6.45. The van der Waals surface area contributed by atoms with Gasteiger partial charge >= 0.3 is 0 Å². The average molecular weight is 454 g/mol. The molecular formula is C27H39N3O3. The van der Waals surface area contributed by atoms with Crippen molar-refractivity contribution in [3.8, 4) is 6.07 Å². The van der Waals surface area contributed by atoms with Crippen LogP contribution in [0.5, 0.6) is 0 Å². The van der Waals surface area contributed by atoms with Crippen molar-refractivity contribution in [3.05, 3.63) is 35.4 Å². The van der Waals surface area contributed by atoms with Gasteiger partial charge in [-0.25, -0.2) is 0 Å². The number of carbonyl (C=O) groups excluding carboxylic acids is 2. The highest BCUT2D eigenvalue weighted by Gasteiger charge is 2.54. The van der Waals surface area contributed by atoms with E-state index in [1.165, 1.54) is 0 Å². The van der Waals surface area contributed by atoms with Crippen LogP contribution in [0.25, 0.3) is 0 Å². The second-order valence-corrected chi connectivity index (χ2v) is 10.3. The summed E-state index contributed by atoms with van der Waals surface area (Å²) in [7, 11) is 0. The molecule has 7 atom stereocenters. The molecule has 0 spiro atoms. The molecule has 7 unspecified atom stereocenters. The molecule has 2 saturated carbocycles. The van der Waals surface area contributed by atoms with Crippen LogP contribution in [0.2, 0.25) is 0 Å². The highest BCUT2D eigenvalue weighted by molar-refractivity contribution is 5.94. The van der Waals surface area contributed by atoms with Gasteiger partial charge in [-0.05, 0) is 87.0 Å². The number of nitrogens with one attached hydrogen (secondary N) is 1. The SMILES string of the molecule is CCN(CC)C(=O)C(C)C1CCC2(C)CCC(NC(=O)c3ccc(C#N)cc3)C(C)C2C1O. The summed E-state index contributed by atoms with van der Waals surface area (Å²) in [6.07, 6.45) is 3.11. The van der Waals surface area contributed by atoms with Crippen LogP contribution in [-0.2, 0) is 4.79 Å². The molecule has 6 heteroatoms. The third-order valence-electron chi connectivity index (χ3n) is 8.59. The second kappa shape index (κ2) is 10.3. The van der Waals surface area contributed by atoms with Crippen molar-refractivity contribution in [1.29, 1.82) is 5.26 Å². The van der Waals surface area contributed by atoms with E-state index in [4.69, 9.17) is 5.26 Å². The number of aliphatic hydroxyl groups excluding tert-OH is 1. The van der Waals surface area contributed by atoms with E-state index in [1.807, 2.05) is 25.7 Å². The minimum Gasteiger partial charge on any atom is -0.392 e. The lowest BCUT2D eigenvalue weighted by molar-refractivity contribution is -0.149. The van der Waals surface area contributed by atoms with Crippen LogP contribution >= 0.6 is 0 Å². The van der Waals surface area contributed by atoms with Gasteiger partial charge in [-0.2, -0.15) is 5.26 Å². The smallest absolute Gasteiger partial charge is 0.251 e. The molecule has 1 aromatic rings. The van der Waals surface area contributed by atoms with Crippen LogP contribution in [-0.4, -0.2) is 47.1 Å². The zero-order chi connectivity index (χ0) is 24.3. The predicted molar refractivity (Wildman–Crippen MR) is 128 cm³/mol. The molecule has 0 bridgehead atoms. The third-order valence-corrected chi connectivity index (χ3v) is 8.59. The maximum atomic E-state index is 13.0. The molecule has 33 heavy (non-hydrogen) atoms. The van der Waals surface area contributed by atoms with Crippen LogP contribution in [0.3, 0.4) is 0 Å². The van der Waals surface area contributed by atoms with E-state index in [-0.39, 0.29) is 46.9 Å². The van der Waals surface area contributed by atoms with Gasteiger partial charge in [0.25, 0.3) is 5.91 Å². The van der Waals surface area contributed by atoms with E-state index in [1.54, 1.807) is 24.3 Å². The van der Waals surface area contributed by atoms with E-state index in [9.17, 15) is 14.7 Å². The molecule has 0 aliphatic heterocycles. The molecule has 2 N–H and O–H groups in total. The van der Waals surface area contributed by atoms with Gasteiger partial charge in [0.2, 0.25) is 5.91 Å². The van der Waals surface area contributed by atoms with Crippen molar-refractivity contribution in [1.82, 2.24) is 10.2 Å². The van der Waals surface area contributed by atoms with Crippen molar-refractivity contribution in [3.63, 3.8) is 0 Å². The van der Waals surface area contributed by atoms with Gasteiger partial charge in [0.15, 0.2) is 0 Å². The van der Waals surface area contributed by atoms with E-state index >= 15 is 0 Å². The minimum atomic E-state index is -0.567. The highest BCUT2D eigenvalue weighted by atomic mass is 16.3. The van der Waals surface area contributed by atoms with E-state index in [0.29, 0.717) is 24.2 Å². The molecule has 180 valence electrons. The number of nitriles is 1. The molecule has 0 heterocycles. The van der Waals surface area contributed by atoms with E-state index in [2.05, 4.69) is 25.2 Å². The fraction of sp³-hybridized carbons (Fsp3) is 0.667. The number of benzene rings is 1. The Hall–Kier alpha value is -2.39. The number of nitrogens with zero attached hydrogens (tertiary/aromatic N) is 2. The van der Waals surface area contributed by atoms with E-state index in [0.717, 1.165) is 25.7 Å². The number of rotatable bonds is 6. The van der Waals surface area contributed by atoms with Crippen molar-refractivity contribution in [2.75, 3.05) is 13.1 Å². The Kier molecular flexibility index (Phi) is 7.84. The Morgan fingerprint density at radius 1 is 1.21 bits per heavy atom. The van der Waals surface area contributed by atoms with Gasteiger partial charge in [-0.15, -0.1) is 0 Å². The lowest BCUT2D eigenvalue weighted by Crippen LogP contribution is -2.58. The Bertz CT molecular complexity index is 889. The van der Waals surface area contributed by atoms with E-state index < -0.39 is 6.10 Å². The number of amides is 2. The standard InChI is InChI=1S/C27H39N3O3/c1-6-30(7-2)26(33)17(3)21-12-14-27(5)15-13-22(18(4)23(27)24(21)31)29-25(32)20-10-8-19(16-28)9-11-20/h8-11,17-18,21-24,31H,6-7,12-15H2,1-5H3,(H,29,32). The zero-order valence-corrected chi connectivity index (χ0v) is 20.7. The third kappa shape index (κ3) is 4.94. The van der Waals surface area contributed by atoms with Gasteiger partial charge in [-0.3, -0.25) is 9.59 Å². The first-order valence-electron chi connectivity index (χ1n) is 12.4. The summed E-state index contributed by atoms with van der Waals surface area (Å²) in [5.74, 6) is -0.173. The fourth-order valence-corrected chi connectivity index (χ4v) is 6.45. The summed E-state index contributed by atoms with van der Waals surface area (Å²) in [5, 5.41) is 23.7. The Morgan fingerprint density at radius 2 is 1.82 bits per heavy atom. The number of carbonyl (C=O) groups is 2. The molecule has 6 nitrogen and oxygen atoms in total. The highest BCUT2D eigenvalue weighted by Crippen LogP contribution is 2.55. The van der Waals surface area contributed by atoms with Crippen LogP contribution in [0.4, 0.5) is 0 Å². The summed E-state index contributed by atoms with van der Waals surface area (Å²) >= 11 is 0. The summed E-state index contributed by atoms with van der Waals surface area (Å²) in [5.41, 5.74) is 1.08. The second-order valence-electron chi connectivity index (χ2n) is 10.3. The first kappa shape index (κ1) is 25.2. The van der Waals surface area contributed by atoms with Crippen LogP contribution in [0, 0.1) is 40.4 Å². The lowest BCUT2D eigenvalue weighted by Gasteiger charge is -2.56. The molecule has 3 rings (SSSR count). The monoisotopic (exact) mass is 453 g/mol. The zero-order valence-electron chi connectivity index (χ0n) is 20.7. The summed E-state index contributed by atoms with van der Waals surface area (Å²) in [6.45, 7) is 11.7. The van der Waals surface area contributed by atoms with Crippen LogP contribution in [0.1, 0.15) is 76.2 Å².